The summed E-state index contributed by atoms with van der Waals surface area (Å²) in [6.45, 7) is 0. The van der Waals surface area contributed by atoms with Crippen LogP contribution in [0.5, 0.6) is 0 Å². The van der Waals surface area contributed by atoms with Gasteiger partial charge in [-0.1, -0.05) is 36.0 Å². The van der Waals surface area contributed by atoms with Gasteiger partial charge in [0.05, 0.1) is 16.7 Å². The maximum atomic E-state index is 13.3. The molecule has 4 aromatic rings. The highest BCUT2D eigenvalue weighted by molar-refractivity contribution is 8.00. The molecule has 1 aromatic heterocycles. The Labute approximate surface area is 184 Å². The molecule has 0 spiro atoms. The van der Waals surface area contributed by atoms with Crippen LogP contribution in [-0.4, -0.2) is 26.8 Å². The zero-order valence-corrected chi connectivity index (χ0v) is 17.1. The first-order valence-electron chi connectivity index (χ1n) is 9.30. The number of hydrogen-bond donors (Lipinski definition) is 1. The van der Waals surface area contributed by atoms with Crippen molar-refractivity contribution >= 4 is 39.8 Å². The third-order valence-electron chi connectivity index (χ3n) is 4.54. The highest BCUT2D eigenvalue weighted by Crippen LogP contribution is 2.32. The third-order valence-corrected chi connectivity index (χ3v) is 5.52. The summed E-state index contributed by atoms with van der Waals surface area (Å²) in [7, 11) is 0. The van der Waals surface area contributed by atoms with Gasteiger partial charge in [0.2, 0.25) is 5.91 Å². The largest absolute Gasteiger partial charge is 0.320 e. The summed E-state index contributed by atoms with van der Waals surface area (Å²) in [6, 6.07) is 16.2. The summed E-state index contributed by atoms with van der Waals surface area (Å²) >= 11 is 1.11. The molecule has 0 saturated carbocycles. The SMILES string of the molecule is O=C(CSc1nnc(-c2ccc(F)cc2)c2ccccc12)Nc1ccc(F)cc1[N+](=O)[O-]. The van der Waals surface area contributed by atoms with Crippen molar-refractivity contribution in [1.82, 2.24) is 10.2 Å². The summed E-state index contributed by atoms with van der Waals surface area (Å²) in [5.41, 5.74) is 0.659. The number of anilines is 1. The number of nitro benzene ring substituents is 1. The lowest BCUT2D eigenvalue weighted by Crippen LogP contribution is -2.15. The van der Waals surface area contributed by atoms with Crippen LogP contribution in [0.15, 0.2) is 71.8 Å². The smallest absolute Gasteiger partial charge is 0.295 e. The number of thioether (sulfide) groups is 1. The molecule has 0 aliphatic rings. The fraction of sp³-hybridized carbons (Fsp3) is 0.0455. The Balaban J connectivity index is 1.56. The Morgan fingerprint density at radius 1 is 0.969 bits per heavy atom. The fourth-order valence-electron chi connectivity index (χ4n) is 3.09. The van der Waals surface area contributed by atoms with E-state index in [1.54, 1.807) is 12.1 Å². The Bertz CT molecular complexity index is 1330. The van der Waals surface area contributed by atoms with Crippen LogP contribution >= 0.6 is 11.8 Å². The molecule has 3 aromatic carbocycles. The van der Waals surface area contributed by atoms with Gasteiger partial charge in [-0.3, -0.25) is 14.9 Å². The highest BCUT2D eigenvalue weighted by Gasteiger charge is 2.18. The van der Waals surface area contributed by atoms with Gasteiger partial charge in [-0.25, -0.2) is 8.78 Å². The Kier molecular flexibility index (Phi) is 6.04. The van der Waals surface area contributed by atoms with Crippen molar-refractivity contribution in [2.24, 2.45) is 0 Å². The van der Waals surface area contributed by atoms with Crippen LogP contribution in [0, 0.1) is 21.7 Å². The van der Waals surface area contributed by atoms with Gasteiger partial charge in [0.1, 0.15) is 28.0 Å². The van der Waals surface area contributed by atoms with Crippen molar-refractivity contribution in [3.63, 3.8) is 0 Å². The molecule has 0 aliphatic carbocycles. The molecule has 4 rings (SSSR count). The number of rotatable bonds is 6. The molecule has 0 fully saturated rings. The Hall–Kier alpha value is -3.92. The molecular formula is C22H14F2N4O3S. The fourth-order valence-corrected chi connectivity index (χ4v) is 3.86. The second-order valence-electron chi connectivity index (χ2n) is 6.66. The van der Waals surface area contributed by atoms with E-state index in [1.165, 1.54) is 12.1 Å². The average Bonchev–Trinajstić information content (AvgIpc) is 2.79. The van der Waals surface area contributed by atoms with Crippen LogP contribution in [-0.2, 0) is 4.79 Å². The molecule has 1 amide bonds. The number of aromatic nitrogens is 2. The monoisotopic (exact) mass is 452 g/mol. The van der Waals surface area contributed by atoms with Crippen molar-refractivity contribution in [3.8, 4) is 11.3 Å². The predicted molar refractivity (Wildman–Crippen MR) is 117 cm³/mol. The molecule has 0 radical (unpaired) electrons. The molecular weight excluding hydrogens is 438 g/mol. The van der Waals surface area contributed by atoms with Gasteiger partial charge in [-0.05, 0) is 36.4 Å². The molecule has 0 aliphatic heterocycles. The molecule has 32 heavy (non-hydrogen) atoms. The Morgan fingerprint density at radius 2 is 1.66 bits per heavy atom. The van der Waals surface area contributed by atoms with Crippen LogP contribution in [0.3, 0.4) is 0 Å². The average molecular weight is 452 g/mol. The molecule has 7 nitrogen and oxygen atoms in total. The second kappa shape index (κ2) is 9.06. The van der Waals surface area contributed by atoms with Gasteiger partial charge in [-0.2, -0.15) is 0 Å². The van der Waals surface area contributed by atoms with Gasteiger partial charge in [0.15, 0.2) is 0 Å². The van der Waals surface area contributed by atoms with Crippen LogP contribution < -0.4 is 5.32 Å². The van der Waals surface area contributed by atoms with E-state index in [4.69, 9.17) is 0 Å². The lowest BCUT2D eigenvalue weighted by molar-refractivity contribution is -0.384. The second-order valence-corrected chi connectivity index (χ2v) is 7.63. The number of carbonyl (C=O) groups is 1. The first kappa shape index (κ1) is 21.3. The van der Waals surface area contributed by atoms with Crippen molar-refractivity contribution in [2.45, 2.75) is 5.03 Å². The quantitative estimate of drug-likeness (QED) is 0.245. The zero-order valence-electron chi connectivity index (χ0n) is 16.3. The van der Waals surface area contributed by atoms with Gasteiger partial charge < -0.3 is 5.32 Å². The molecule has 1 heterocycles. The maximum Gasteiger partial charge on any atom is 0.295 e. The molecule has 10 heteroatoms. The lowest BCUT2D eigenvalue weighted by atomic mass is 10.1. The first-order chi connectivity index (χ1) is 15.4. The summed E-state index contributed by atoms with van der Waals surface area (Å²) < 4.78 is 26.6. The minimum atomic E-state index is -0.771. The van der Waals surface area contributed by atoms with E-state index >= 15 is 0 Å². The van der Waals surface area contributed by atoms with E-state index in [9.17, 15) is 23.7 Å². The minimum absolute atomic E-state index is 0.0930. The van der Waals surface area contributed by atoms with Crippen LogP contribution in [0.1, 0.15) is 0 Å². The number of fused-ring (bicyclic) bond motifs is 1. The zero-order chi connectivity index (χ0) is 22.7. The molecule has 0 unspecified atom stereocenters. The van der Waals surface area contributed by atoms with E-state index in [0.29, 0.717) is 16.3 Å². The van der Waals surface area contributed by atoms with Crippen LogP contribution in [0.25, 0.3) is 22.0 Å². The van der Waals surface area contributed by atoms with Crippen molar-refractivity contribution < 1.29 is 18.5 Å². The summed E-state index contributed by atoms with van der Waals surface area (Å²) in [4.78, 5) is 22.7. The van der Waals surface area contributed by atoms with E-state index in [1.807, 2.05) is 24.3 Å². The van der Waals surface area contributed by atoms with Gasteiger partial charge >= 0.3 is 0 Å². The molecule has 0 saturated heterocycles. The molecule has 0 atom stereocenters. The lowest BCUT2D eigenvalue weighted by Gasteiger charge is -2.10. The van der Waals surface area contributed by atoms with Crippen molar-refractivity contribution in [1.29, 1.82) is 0 Å². The van der Waals surface area contributed by atoms with E-state index in [0.717, 1.165) is 40.7 Å². The third kappa shape index (κ3) is 4.54. The van der Waals surface area contributed by atoms with Crippen molar-refractivity contribution in [3.05, 3.63) is 88.5 Å². The van der Waals surface area contributed by atoms with Crippen LogP contribution in [0.4, 0.5) is 20.2 Å². The maximum absolute atomic E-state index is 13.3. The van der Waals surface area contributed by atoms with E-state index in [2.05, 4.69) is 15.5 Å². The number of nitro groups is 1. The summed E-state index contributed by atoms with van der Waals surface area (Å²) in [5.74, 6) is -1.74. The van der Waals surface area contributed by atoms with Gasteiger partial charge in [0, 0.05) is 16.3 Å². The summed E-state index contributed by atoms with van der Waals surface area (Å²) in [5, 5.41) is 24.0. The number of carbonyl (C=O) groups excluding carboxylic acids is 1. The first-order valence-corrected chi connectivity index (χ1v) is 10.3. The normalized spacial score (nSPS) is 10.8. The Morgan fingerprint density at radius 3 is 2.38 bits per heavy atom. The summed E-state index contributed by atoms with van der Waals surface area (Å²) in [6.07, 6.45) is 0. The number of halogens is 2. The van der Waals surface area contributed by atoms with Crippen molar-refractivity contribution in [2.75, 3.05) is 11.1 Å². The topological polar surface area (TPSA) is 98.0 Å². The molecule has 1 N–H and O–H groups in total. The highest BCUT2D eigenvalue weighted by atomic mass is 32.2. The van der Waals surface area contributed by atoms with Gasteiger partial charge in [0.25, 0.3) is 5.69 Å². The van der Waals surface area contributed by atoms with Crippen LogP contribution in [0.2, 0.25) is 0 Å². The predicted octanol–water partition coefficient (Wildman–Crippen LogP) is 5.21. The minimum Gasteiger partial charge on any atom is -0.320 e. The van der Waals surface area contributed by atoms with E-state index in [-0.39, 0.29) is 17.3 Å². The van der Waals surface area contributed by atoms with Gasteiger partial charge in [-0.15, -0.1) is 10.2 Å². The molecule has 0 bridgehead atoms. The van der Waals surface area contributed by atoms with E-state index < -0.39 is 22.3 Å². The number of nitrogens with one attached hydrogen (secondary N) is 1. The standard InChI is InChI=1S/C22H14F2N4O3S/c23-14-7-5-13(6-8-14)21-16-3-1-2-4-17(16)22(27-26-21)32-12-20(29)25-18-10-9-15(24)11-19(18)28(30)31/h1-11H,12H2,(H,25,29). The number of hydrogen-bond acceptors (Lipinski definition) is 6. The molecule has 160 valence electrons. The number of benzene rings is 3. The number of amides is 1. The number of nitrogens with zero attached hydrogens (tertiary/aromatic N) is 3.